The van der Waals surface area contributed by atoms with Gasteiger partial charge in [-0.25, -0.2) is 9.97 Å². The van der Waals surface area contributed by atoms with Crippen molar-refractivity contribution in [1.82, 2.24) is 9.97 Å². The summed E-state index contributed by atoms with van der Waals surface area (Å²) in [6, 6.07) is 6.08. The quantitative estimate of drug-likeness (QED) is 0.619. The van der Waals surface area contributed by atoms with Gasteiger partial charge in [0.05, 0.1) is 5.52 Å². The number of nitrogens with zero attached hydrogens (tertiary/aromatic N) is 2. The van der Waals surface area contributed by atoms with E-state index in [9.17, 15) is 0 Å². The molecule has 0 amide bonds. The average Bonchev–Trinajstić information content (AvgIpc) is 2.20. The van der Waals surface area contributed by atoms with Gasteiger partial charge in [-0.3, -0.25) is 0 Å². The Balaban J connectivity index is 2.58. The van der Waals surface area contributed by atoms with Gasteiger partial charge in [-0.05, 0) is 24.1 Å². The predicted molar refractivity (Wildman–Crippen MR) is 62.0 cm³/mol. The monoisotopic (exact) mass is 270 g/mol. The molecule has 0 aliphatic heterocycles. The van der Waals surface area contributed by atoms with Gasteiger partial charge in [0, 0.05) is 10.7 Å². The SMILES string of the molecule is Clc1ncnc2ccc(CCBr)cc12. The summed E-state index contributed by atoms with van der Waals surface area (Å²) >= 11 is 9.37. The summed E-state index contributed by atoms with van der Waals surface area (Å²) in [5.74, 6) is 0. The molecule has 14 heavy (non-hydrogen) atoms. The van der Waals surface area contributed by atoms with Crippen molar-refractivity contribution in [3.05, 3.63) is 35.2 Å². The van der Waals surface area contributed by atoms with Crippen molar-refractivity contribution in [3.63, 3.8) is 0 Å². The Kier molecular flexibility index (Phi) is 2.99. The molecule has 4 heteroatoms. The lowest BCUT2D eigenvalue weighted by Gasteiger charge is -2.01. The van der Waals surface area contributed by atoms with Crippen LogP contribution in [0.15, 0.2) is 24.5 Å². The topological polar surface area (TPSA) is 25.8 Å². The number of alkyl halides is 1. The van der Waals surface area contributed by atoms with Gasteiger partial charge in [-0.15, -0.1) is 0 Å². The van der Waals surface area contributed by atoms with E-state index in [0.717, 1.165) is 22.7 Å². The van der Waals surface area contributed by atoms with Gasteiger partial charge in [-0.1, -0.05) is 33.6 Å². The van der Waals surface area contributed by atoms with Gasteiger partial charge in [0.1, 0.15) is 11.5 Å². The molecule has 2 rings (SSSR count). The standard InChI is InChI=1S/C10H8BrClN2/c11-4-3-7-1-2-9-8(5-7)10(12)14-6-13-9/h1-2,5-6H,3-4H2. The van der Waals surface area contributed by atoms with Gasteiger partial charge < -0.3 is 0 Å². The summed E-state index contributed by atoms with van der Waals surface area (Å²) in [7, 11) is 0. The fraction of sp³-hybridized carbons (Fsp3) is 0.200. The summed E-state index contributed by atoms with van der Waals surface area (Å²) in [6.07, 6.45) is 2.47. The Morgan fingerprint density at radius 2 is 2.14 bits per heavy atom. The average molecular weight is 272 g/mol. The predicted octanol–water partition coefficient (Wildman–Crippen LogP) is 3.22. The fourth-order valence-electron chi connectivity index (χ4n) is 1.34. The first-order valence-electron chi connectivity index (χ1n) is 4.26. The first-order chi connectivity index (χ1) is 6.81. The highest BCUT2D eigenvalue weighted by Gasteiger charge is 2.01. The number of benzene rings is 1. The van der Waals surface area contributed by atoms with Crippen LogP contribution in [0.5, 0.6) is 0 Å². The molecule has 0 saturated carbocycles. The Hall–Kier alpha value is -0.670. The van der Waals surface area contributed by atoms with Crippen LogP contribution in [0.4, 0.5) is 0 Å². The van der Waals surface area contributed by atoms with Crippen LogP contribution in [-0.4, -0.2) is 15.3 Å². The third-order valence-corrected chi connectivity index (χ3v) is 2.73. The molecule has 0 bridgehead atoms. The normalized spacial score (nSPS) is 10.7. The van der Waals surface area contributed by atoms with E-state index < -0.39 is 0 Å². The van der Waals surface area contributed by atoms with Crippen molar-refractivity contribution in [2.24, 2.45) is 0 Å². The second kappa shape index (κ2) is 4.24. The van der Waals surface area contributed by atoms with E-state index in [-0.39, 0.29) is 0 Å². The third-order valence-electron chi connectivity index (χ3n) is 2.03. The molecule has 0 atom stereocenters. The highest BCUT2D eigenvalue weighted by molar-refractivity contribution is 9.09. The van der Waals surface area contributed by atoms with Crippen molar-refractivity contribution in [2.45, 2.75) is 6.42 Å². The van der Waals surface area contributed by atoms with Crippen LogP contribution in [0.3, 0.4) is 0 Å². The Morgan fingerprint density at radius 1 is 1.29 bits per heavy atom. The van der Waals surface area contributed by atoms with E-state index in [4.69, 9.17) is 11.6 Å². The highest BCUT2D eigenvalue weighted by atomic mass is 79.9. The third kappa shape index (κ3) is 1.88. The van der Waals surface area contributed by atoms with Crippen molar-refractivity contribution in [2.75, 3.05) is 5.33 Å². The van der Waals surface area contributed by atoms with Crippen LogP contribution in [0.2, 0.25) is 5.15 Å². The zero-order valence-electron chi connectivity index (χ0n) is 7.37. The minimum absolute atomic E-state index is 0.520. The molecule has 1 heterocycles. The van der Waals surface area contributed by atoms with Gasteiger partial charge in [0.15, 0.2) is 0 Å². The fourth-order valence-corrected chi connectivity index (χ4v) is 1.99. The second-order valence-corrected chi connectivity index (χ2v) is 4.11. The number of hydrogen-bond donors (Lipinski definition) is 0. The van der Waals surface area contributed by atoms with Crippen molar-refractivity contribution >= 4 is 38.4 Å². The number of aryl methyl sites for hydroxylation is 1. The Morgan fingerprint density at radius 3 is 2.93 bits per heavy atom. The summed E-state index contributed by atoms with van der Waals surface area (Å²) in [5.41, 5.74) is 2.13. The molecule has 2 aromatic rings. The molecule has 0 N–H and O–H groups in total. The molecule has 2 nitrogen and oxygen atoms in total. The van der Waals surface area contributed by atoms with Crippen LogP contribution in [0.25, 0.3) is 10.9 Å². The maximum atomic E-state index is 5.97. The molecular weight excluding hydrogens is 263 g/mol. The van der Waals surface area contributed by atoms with E-state index in [1.807, 2.05) is 12.1 Å². The van der Waals surface area contributed by atoms with Crippen molar-refractivity contribution in [1.29, 1.82) is 0 Å². The lowest BCUT2D eigenvalue weighted by molar-refractivity contribution is 1.16. The molecule has 0 fully saturated rings. The molecule has 1 aromatic carbocycles. The van der Waals surface area contributed by atoms with Crippen LogP contribution in [0, 0.1) is 0 Å². The second-order valence-electron chi connectivity index (χ2n) is 2.95. The summed E-state index contributed by atoms with van der Waals surface area (Å²) in [6.45, 7) is 0. The van der Waals surface area contributed by atoms with Gasteiger partial charge >= 0.3 is 0 Å². The molecule has 1 aromatic heterocycles. The summed E-state index contributed by atoms with van der Waals surface area (Å²) in [4.78, 5) is 8.09. The highest BCUT2D eigenvalue weighted by Crippen LogP contribution is 2.20. The van der Waals surface area contributed by atoms with E-state index >= 15 is 0 Å². The first-order valence-corrected chi connectivity index (χ1v) is 5.76. The number of fused-ring (bicyclic) bond motifs is 1. The molecule has 0 aliphatic carbocycles. The Labute approximate surface area is 95.5 Å². The zero-order valence-corrected chi connectivity index (χ0v) is 9.72. The molecule has 0 saturated heterocycles. The number of halogens is 2. The van der Waals surface area contributed by atoms with E-state index in [0.29, 0.717) is 5.15 Å². The first kappa shape index (κ1) is 9.87. The number of aromatic nitrogens is 2. The van der Waals surface area contributed by atoms with Gasteiger partial charge in [-0.2, -0.15) is 0 Å². The molecule has 0 aliphatic rings. The van der Waals surface area contributed by atoms with Crippen LogP contribution in [0.1, 0.15) is 5.56 Å². The van der Waals surface area contributed by atoms with Crippen LogP contribution < -0.4 is 0 Å². The summed E-state index contributed by atoms with van der Waals surface area (Å²) in [5, 5.41) is 2.39. The molecule has 0 spiro atoms. The maximum absolute atomic E-state index is 5.97. The van der Waals surface area contributed by atoms with Crippen molar-refractivity contribution < 1.29 is 0 Å². The van der Waals surface area contributed by atoms with Gasteiger partial charge in [0.2, 0.25) is 0 Å². The smallest absolute Gasteiger partial charge is 0.140 e. The van der Waals surface area contributed by atoms with E-state index in [2.05, 4.69) is 32.0 Å². The minimum atomic E-state index is 0.520. The molecule has 0 unspecified atom stereocenters. The van der Waals surface area contributed by atoms with E-state index in [1.54, 1.807) is 0 Å². The van der Waals surface area contributed by atoms with Crippen molar-refractivity contribution in [3.8, 4) is 0 Å². The molecule has 0 radical (unpaired) electrons. The zero-order chi connectivity index (χ0) is 9.97. The lowest BCUT2D eigenvalue weighted by atomic mass is 10.1. The van der Waals surface area contributed by atoms with E-state index in [1.165, 1.54) is 11.9 Å². The minimum Gasteiger partial charge on any atom is -0.236 e. The van der Waals surface area contributed by atoms with Gasteiger partial charge in [0.25, 0.3) is 0 Å². The largest absolute Gasteiger partial charge is 0.236 e. The number of rotatable bonds is 2. The molecule has 72 valence electrons. The molecular formula is C10H8BrClN2. The summed E-state index contributed by atoms with van der Waals surface area (Å²) < 4.78 is 0. The lowest BCUT2D eigenvalue weighted by Crippen LogP contribution is -1.88. The van der Waals surface area contributed by atoms with Crippen LogP contribution in [-0.2, 0) is 6.42 Å². The maximum Gasteiger partial charge on any atom is 0.140 e. The number of hydrogen-bond acceptors (Lipinski definition) is 2. The van der Waals surface area contributed by atoms with Crippen LogP contribution >= 0.6 is 27.5 Å². The Bertz CT molecular complexity index is 459.